The maximum atomic E-state index is 11.4. The Morgan fingerprint density at radius 2 is 1.87 bits per heavy atom. The average Bonchev–Trinajstić information content (AvgIpc) is 2.53. The van der Waals surface area contributed by atoms with Gasteiger partial charge >= 0.3 is 0 Å². The summed E-state index contributed by atoms with van der Waals surface area (Å²) in [6, 6.07) is 10.1. The first-order valence-corrected chi connectivity index (χ1v) is 8.90. The van der Waals surface area contributed by atoms with Crippen LogP contribution in [0.1, 0.15) is 42.7 Å². The number of carbonyl (C=O) groups is 1. The van der Waals surface area contributed by atoms with Crippen molar-refractivity contribution in [1.29, 1.82) is 0 Å². The molecular formula is C19H29N3O. The molecule has 3 rings (SSSR count). The van der Waals surface area contributed by atoms with Gasteiger partial charge < -0.3 is 10.6 Å². The van der Waals surface area contributed by atoms with Gasteiger partial charge in [-0.2, -0.15) is 0 Å². The molecule has 1 heterocycles. The number of piperidine rings is 1. The van der Waals surface area contributed by atoms with E-state index in [9.17, 15) is 4.79 Å². The summed E-state index contributed by atoms with van der Waals surface area (Å²) < 4.78 is 0. The smallest absolute Gasteiger partial charge is 0.233 e. The van der Waals surface area contributed by atoms with Crippen LogP contribution in [0.15, 0.2) is 24.3 Å². The first kappa shape index (κ1) is 16.5. The lowest BCUT2D eigenvalue weighted by Crippen LogP contribution is -2.51. The van der Waals surface area contributed by atoms with Gasteiger partial charge in [-0.3, -0.25) is 9.69 Å². The number of carbonyl (C=O) groups excluding carboxylic acids is 1. The van der Waals surface area contributed by atoms with E-state index in [1.807, 2.05) is 0 Å². The maximum Gasteiger partial charge on any atom is 0.233 e. The summed E-state index contributed by atoms with van der Waals surface area (Å²) in [7, 11) is 1.71. The van der Waals surface area contributed by atoms with E-state index < -0.39 is 0 Å². The molecule has 0 atom stereocenters. The lowest BCUT2D eigenvalue weighted by atomic mass is 9.74. The van der Waals surface area contributed by atoms with E-state index in [0.717, 1.165) is 31.8 Å². The normalized spacial score (nSPS) is 25.8. The van der Waals surface area contributed by atoms with E-state index >= 15 is 0 Å². The number of hydrogen-bond donors (Lipinski definition) is 2. The third-order valence-corrected chi connectivity index (χ3v) is 5.47. The second-order valence-electron chi connectivity index (χ2n) is 7.11. The molecule has 0 bridgehead atoms. The second-order valence-corrected chi connectivity index (χ2v) is 7.11. The fourth-order valence-electron chi connectivity index (χ4n) is 3.93. The minimum atomic E-state index is 0.122. The van der Waals surface area contributed by atoms with E-state index in [4.69, 9.17) is 0 Å². The molecule has 1 amide bonds. The van der Waals surface area contributed by atoms with Gasteiger partial charge in [-0.15, -0.1) is 0 Å². The fourth-order valence-corrected chi connectivity index (χ4v) is 3.93. The standard InChI is InChI=1S/C19H29N3O/c1-14-5-3-4-6-18(14)15-11-17(12-15)21-16-7-9-22(10-8-16)13-19(23)20-2/h3-6,15-17,21H,7-13H2,1-2H3,(H,20,23). The third-order valence-electron chi connectivity index (χ3n) is 5.47. The van der Waals surface area contributed by atoms with Crippen LogP contribution in [0.3, 0.4) is 0 Å². The Balaban J connectivity index is 1.38. The van der Waals surface area contributed by atoms with Gasteiger partial charge in [0.2, 0.25) is 5.91 Å². The summed E-state index contributed by atoms with van der Waals surface area (Å²) in [5, 5.41) is 6.54. The van der Waals surface area contributed by atoms with Crippen molar-refractivity contribution in [2.24, 2.45) is 0 Å². The molecule has 126 valence electrons. The number of rotatable bonds is 5. The summed E-state index contributed by atoms with van der Waals surface area (Å²) in [5.41, 5.74) is 2.96. The number of likely N-dealkylation sites (N-methyl/N-ethyl adjacent to an activating group) is 1. The molecular weight excluding hydrogens is 286 g/mol. The van der Waals surface area contributed by atoms with Crippen LogP contribution in [-0.2, 0) is 4.79 Å². The van der Waals surface area contributed by atoms with Crippen molar-refractivity contribution in [3.63, 3.8) is 0 Å². The zero-order chi connectivity index (χ0) is 16.2. The average molecular weight is 315 g/mol. The highest BCUT2D eigenvalue weighted by atomic mass is 16.1. The van der Waals surface area contributed by atoms with Crippen molar-refractivity contribution in [3.05, 3.63) is 35.4 Å². The van der Waals surface area contributed by atoms with Crippen molar-refractivity contribution in [1.82, 2.24) is 15.5 Å². The molecule has 2 fully saturated rings. The monoisotopic (exact) mass is 315 g/mol. The lowest BCUT2D eigenvalue weighted by Gasteiger charge is -2.41. The molecule has 0 spiro atoms. The Morgan fingerprint density at radius 1 is 1.17 bits per heavy atom. The summed E-state index contributed by atoms with van der Waals surface area (Å²) in [6.07, 6.45) is 4.84. The van der Waals surface area contributed by atoms with Crippen LogP contribution < -0.4 is 10.6 Å². The molecule has 0 aromatic heterocycles. The minimum absolute atomic E-state index is 0.122. The lowest BCUT2D eigenvalue weighted by molar-refractivity contribution is -0.122. The quantitative estimate of drug-likeness (QED) is 0.874. The van der Waals surface area contributed by atoms with E-state index in [2.05, 4.69) is 46.7 Å². The summed E-state index contributed by atoms with van der Waals surface area (Å²) in [6.45, 7) is 4.82. The molecule has 4 nitrogen and oxygen atoms in total. The molecule has 1 aliphatic heterocycles. The number of nitrogens with zero attached hydrogens (tertiary/aromatic N) is 1. The maximum absolute atomic E-state index is 11.4. The minimum Gasteiger partial charge on any atom is -0.358 e. The van der Waals surface area contributed by atoms with Crippen LogP contribution in [-0.4, -0.2) is 49.6 Å². The summed E-state index contributed by atoms with van der Waals surface area (Å²) in [5.74, 6) is 0.860. The van der Waals surface area contributed by atoms with Crippen LogP contribution in [0.25, 0.3) is 0 Å². The molecule has 1 saturated carbocycles. The van der Waals surface area contributed by atoms with Crippen LogP contribution in [0.2, 0.25) is 0 Å². The van der Waals surface area contributed by atoms with Crippen molar-refractivity contribution < 1.29 is 4.79 Å². The Labute approximate surface area is 139 Å². The Kier molecular flexibility index (Phi) is 5.34. The Bertz CT molecular complexity index is 531. The van der Waals surface area contributed by atoms with Gasteiger partial charge in [-0.05, 0) is 49.7 Å². The van der Waals surface area contributed by atoms with E-state index in [1.54, 1.807) is 7.05 Å². The van der Waals surface area contributed by atoms with Gasteiger partial charge in [0.1, 0.15) is 0 Å². The highest BCUT2D eigenvalue weighted by Crippen LogP contribution is 2.38. The van der Waals surface area contributed by atoms with Gasteiger partial charge in [-0.25, -0.2) is 0 Å². The van der Waals surface area contributed by atoms with Gasteiger partial charge in [0.25, 0.3) is 0 Å². The van der Waals surface area contributed by atoms with Gasteiger partial charge in [-0.1, -0.05) is 24.3 Å². The zero-order valence-corrected chi connectivity index (χ0v) is 14.3. The van der Waals surface area contributed by atoms with Crippen LogP contribution >= 0.6 is 0 Å². The highest BCUT2D eigenvalue weighted by molar-refractivity contribution is 5.77. The van der Waals surface area contributed by atoms with Gasteiger partial charge in [0.15, 0.2) is 0 Å². The van der Waals surface area contributed by atoms with E-state index in [-0.39, 0.29) is 5.91 Å². The second kappa shape index (κ2) is 7.45. The number of aryl methyl sites for hydroxylation is 1. The molecule has 1 aromatic carbocycles. The number of nitrogens with one attached hydrogen (secondary N) is 2. The molecule has 2 aliphatic rings. The summed E-state index contributed by atoms with van der Waals surface area (Å²) >= 11 is 0. The van der Waals surface area contributed by atoms with E-state index in [0.29, 0.717) is 18.6 Å². The van der Waals surface area contributed by atoms with Crippen molar-refractivity contribution in [2.45, 2.75) is 50.6 Å². The Hall–Kier alpha value is -1.39. The molecule has 0 radical (unpaired) electrons. The molecule has 0 unspecified atom stereocenters. The first-order valence-electron chi connectivity index (χ1n) is 8.90. The number of benzene rings is 1. The molecule has 2 N–H and O–H groups in total. The first-order chi connectivity index (χ1) is 11.2. The van der Waals surface area contributed by atoms with E-state index in [1.165, 1.54) is 24.0 Å². The largest absolute Gasteiger partial charge is 0.358 e. The summed E-state index contributed by atoms with van der Waals surface area (Å²) in [4.78, 5) is 13.7. The highest BCUT2D eigenvalue weighted by Gasteiger charge is 2.33. The Morgan fingerprint density at radius 3 is 2.52 bits per heavy atom. The third kappa shape index (κ3) is 4.12. The van der Waals surface area contributed by atoms with Crippen LogP contribution in [0.5, 0.6) is 0 Å². The zero-order valence-electron chi connectivity index (χ0n) is 14.3. The number of amides is 1. The van der Waals surface area contributed by atoms with Crippen molar-refractivity contribution >= 4 is 5.91 Å². The topological polar surface area (TPSA) is 44.4 Å². The van der Waals surface area contributed by atoms with Crippen LogP contribution in [0.4, 0.5) is 0 Å². The van der Waals surface area contributed by atoms with Crippen LogP contribution in [0, 0.1) is 6.92 Å². The molecule has 1 aromatic rings. The van der Waals surface area contributed by atoms with Gasteiger partial charge in [0.05, 0.1) is 6.54 Å². The molecule has 1 saturated heterocycles. The van der Waals surface area contributed by atoms with Gasteiger partial charge in [0, 0.05) is 32.2 Å². The predicted molar refractivity (Wildman–Crippen MR) is 93.6 cm³/mol. The SMILES string of the molecule is CNC(=O)CN1CCC(NC2CC(c3ccccc3C)C2)CC1. The molecule has 4 heteroatoms. The van der Waals surface area contributed by atoms with Crippen molar-refractivity contribution in [2.75, 3.05) is 26.7 Å². The number of hydrogen-bond acceptors (Lipinski definition) is 3. The predicted octanol–water partition coefficient (Wildman–Crippen LogP) is 2.04. The molecule has 1 aliphatic carbocycles. The van der Waals surface area contributed by atoms with Crippen molar-refractivity contribution in [3.8, 4) is 0 Å². The molecule has 23 heavy (non-hydrogen) atoms. The number of likely N-dealkylation sites (tertiary alicyclic amines) is 1. The fraction of sp³-hybridized carbons (Fsp3) is 0.632.